The van der Waals surface area contributed by atoms with Crippen molar-refractivity contribution in [2.45, 2.75) is 32.9 Å². The van der Waals surface area contributed by atoms with Gasteiger partial charge in [0.05, 0.1) is 6.54 Å². The molecule has 0 bridgehead atoms. The second-order valence-electron chi connectivity index (χ2n) is 5.73. The molecule has 1 aromatic carbocycles. The number of halogens is 1. The van der Waals surface area contributed by atoms with Crippen LogP contribution in [0.25, 0.3) is 0 Å². The number of aliphatic imine (C=N–C) groups is 1. The normalized spacial score (nSPS) is 16.0. The number of nitrogens with one attached hydrogen (secondary N) is 2. The molecule has 1 unspecified atom stereocenters. The first-order chi connectivity index (χ1) is 10.7. The average molecular weight is 428 g/mol. The highest BCUT2D eigenvalue weighted by atomic mass is 127. The molecular formula is C18H29IN4. The van der Waals surface area contributed by atoms with E-state index in [1.54, 1.807) is 0 Å². The minimum absolute atomic E-state index is 0. The van der Waals surface area contributed by atoms with Gasteiger partial charge >= 0.3 is 0 Å². The molecule has 0 saturated carbocycles. The quantitative estimate of drug-likeness (QED) is 0.317. The van der Waals surface area contributed by atoms with Crippen LogP contribution in [0.1, 0.15) is 25.0 Å². The van der Waals surface area contributed by atoms with Crippen LogP contribution in [0.3, 0.4) is 0 Å². The lowest BCUT2D eigenvalue weighted by molar-refractivity contribution is 0.195. The number of hydrogen-bond donors (Lipinski definition) is 2. The van der Waals surface area contributed by atoms with Gasteiger partial charge < -0.3 is 10.6 Å². The summed E-state index contributed by atoms with van der Waals surface area (Å²) in [6.07, 6.45) is 2.98. The molecular weight excluding hydrogens is 399 g/mol. The van der Waals surface area contributed by atoms with Gasteiger partial charge in [-0.25, -0.2) is 0 Å². The Kier molecular flexibility index (Phi) is 9.24. The zero-order valence-corrected chi connectivity index (χ0v) is 16.5. The predicted molar refractivity (Wildman–Crippen MR) is 110 cm³/mol. The van der Waals surface area contributed by atoms with Crippen LogP contribution < -0.4 is 10.6 Å². The third kappa shape index (κ3) is 6.14. The third-order valence-electron chi connectivity index (χ3n) is 4.06. The van der Waals surface area contributed by atoms with Gasteiger partial charge in [-0.1, -0.05) is 30.3 Å². The van der Waals surface area contributed by atoms with Crippen molar-refractivity contribution in [1.29, 1.82) is 0 Å². The van der Waals surface area contributed by atoms with Crippen LogP contribution >= 0.6 is 24.0 Å². The van der Waals surface area contributed by atoms with Crippen LogP contribution in [0.15, 0.2) is 41.9 Å². The van der Waals surface area contributed by atoms with E-state index < -0.39 is 0 Å². The number of guanidine groups is 1. The highest BCUT2D eigenvalue weighted by Crippen LogP contribution is 2.20. The van der Waals surface area contributed by atoms with Crippen LogP contribution in [0.2, 0.25) is 0 Å². The van der Waals surface area contributed by atoms with Crippen LogP contribution in [-0.4, -0.2) is 43.1 Å². The molecule has 0 spiro atoms. The highest BCUT2D eigenvalue weighted by Gasteiger charge is 2.20. The molecule has 0 fully saturated rings. The van der Waals surface area contributed by atoms with Gasteiger partial charge in [0.15, 0.2) is 5.96 Å². The standard InChI is InChI=1S/C18H28N4.HI/c1-4-11-20-18(19-5-2)21-13-15(3)22-12-10-16-8-6-7-9-17(16)14-22;/h4,6-9,15H,1,5,10-14H2,2-3H3,(H2,19,20,21);1H. The Hall–Kier alpha value is -1.08. The Bertz CT molecular complexity index is 515. The molecule has 1 aliphatic heterocycles. The molecule has 0 radical (unpaired) electrons. The smallest absolute Gasteiger partial charge is 0.191 e. The SMILES string of the molecule is C=CCNC(=NCC(C)N1CCc2ccccc2C1)NCC.I. The molecule has 0 aromatic heterocycles. The van der Waals surface area contributed by atoms with Crippen LogP contribution in [0.5, 0.6) is 0 Å². The molecule has 2 N–H and O–H groups in total. The fourth-order valence-electron chi connectivity index (χ4n) is 2.74. The van der Waals surface area contributed by atoms with E-state index in [9.17, 15) is 0 Å². The van der Waals surface area contributed by atoms with E-state index in [2.05, 4.69) is 65.2 Å². The second kappa shape index (κ2) is 10.6. The molecule has 1 aliphatic rings. The number of fused-ring (bicyclic) bond motifs is 1. The summed E-state index contributed by atoms with van der Waals surface area (Å²) < 4.78 is 0. The van der Waals surface area contributed by atoms with Gasteiger partial charge in [0.1, 0.15) is 0 Å². The molecule has 2 rings (SSSR count). The Morgan fingerprint density at radius 2 is 2.09 bits per heavy atom. The molecule has 23 heavy (non-hydrogen) atoms. The lowest BCUT2D eigenvalue weighted by atomic mass is 9.99. The van der Waals surface area contributed by atoms with Gasteiger partial charge in [0, 0.05) is 32.2 Å². The Labute approximate surface area is 157 Å². The van der Waals surface area contributed by atoms with Crippen LogP contribution in [0, 0.1) is 0 Å². The second-order valence-corrected chi connectivity index (χ2v) is 5.73. The van der Waals surface area contributed by atoms with E-state index in [0.717, 1.165) is 45.1 Å². The largest absolute Gasteiger partial charge is 0.357 e. The minimum atomic E-state index is 0. The Morgan fingerprint density at radius 3 is 2.78 bits per heavy atom. The van der Waals surface area contributed by atoms with Crippen molar-refractivity contribution in [3.05, 3.63) is 48.0 Å². The maximum Gasteiger partial charge on any atom is 0.191 e. The van der Waals surface area contributed by atoms with Gasteiger partial charge in [-0.2, -0.15) is 0 Å². The first kappa shape index (κ1) is 20.0. The van der Waals surface area contributed by atoms with E-state index in [0.29, 0.717) is 6.04 Å². The monoisotopic (exact) mass is 428 g/mol. The van der Waals surface area contributed by atoms with Crippen molar-refractivity contribution in [1.82, 2.24) is 15.5 Å². The van der Waals surface area contributed by atoms with Gasteiger partial charge in [0.2, 0.25) is 0 Å². The summed E-state index contributed by atoms with van der Waals surface area (Å²) in [5.74, 6) is 0.867. The highest BCUT2D eigenvalue weighted by molar-refractivity contribution is 14.0. The van der Waals surface area contributed by atoms with Crippen molar-refractivity contribution < 1.29 is 0 Å². The Balaban J connectivity index is 0.00000264. The zero-order chi connectivity index (χ0) is 15.8. The summed E-state index contributed by atoms with van der Waals surface area (Å²) in [5.41, 5.74) is 2.96. The van der Waals surface area contributed by atoms with E-state index in [-0.39, 0.29) is 24.0 Å². The van der Waals surface area contributed by atoms with Gasteiger partial charge in [-0.15, -0.1) is 30.6 Å². The van der Waals surface area contributed by atoms with E-state index in [4.69, 9.17) is 0 Å². The van der Waals surface area contributed by atoms with Crippen molar-refractivity contribution in [3.63, 3.8) is 0 Å². The summed E-state index contributed by atoms with van der Waals surface area (Å²) in [7, 11) is 0. The maximum atomic E-state index is 4.69. The van der Waals surface area contributed by atoms with Gasteiger partial charge in [0.25, 0.3) is 0 Å². The molecule has 0 aliphatic carbocycles. The molecule has 5 heteroatoms. The number of benzene rings is 1. The first-order valence-corrected chi connectivity index (χ1v) is 8.18. The summed E-state index contributed by atoms with van der Waals surface area (Å²) in [6, 6.07) is 9.20. The van der Waals surface area contributed by atoms with Crippen molar-refractivity contribution in [3.8, 4) is 0 Å². The topological polar surface area (TPSA) is 39.7 Å². The van der Waals surface area contributed by atoms with Gasteiger partial charge in [-0.05, 0) is 31.4 Å². The summed E-state index contributed by atoms with van der Waals surface area (Å²) in [5, 5.41) is 6.51. The molecule has 128 valence electrons. The summed E-state index contributed by atoms with van der Waals surface area (Å²) in [4.78, 5) is 7.20. The zero-order valence-electron chi connectivity index (χ0n) is 14.2. The maximum absolute atomic E-state index is 4.69. The molecule has 0 saturated heterocycles. The fraction of sp³-hybridized carbons (Fsp3) is 0.500. The van der Waals surface area contributed by atoms with E-state index >= 15 is 0 Å². The molecule has 1 heterocycles. The molecule has 1 atom stereocenters. The molecule has 0 amide bonds. The number of nitrogens with zero attached hydrogens (tertiary/aromatic N) is 2. The number of rotatable bonds is 6. The predicted octanol–water partition coefficient (Wildman–Crippen LogP) is 2.79. The molecule has 4 nitrogen and oxygen atoms in total. The van der Waals surface area contributed by atoms with Crippen molar-refractivity contribution in [2.75, 3.05) is 26.2 Å². The Morgan fingerprint density at radius 1 is 1.35 bits per heavy atom. The average Bonchev–Trinajstić information content (AvgIpc) is 2.56. The van der Waals surface area contributed by atoms with E-state index in [1.165, 1.54) is 11.1 Å². The summed E-state index contributed by atoms with van der Waals surface area (Å²) >= 11 is 0. The van der Waals surface area contributed by atoms with Crippen molar-refractivity contribution in [2.24, 2.45) is 4.99 Å². The number of hydrogen-bond acceptors (Lipinski definition) is 2. The molecule has 1 aromatic rings. The van der Waals surface area contributed by atoms with Crippen LogP contribution in [-0.2, 0) is 13.0 Å². The first-order valence-electron chi connectivity index (χ1n) is 8.18. The third-order valence-corrected chi connectivity index (χ3v) is 4.06. The van der Waals surface area contributed by atoms with Gasteiger partial charge in [-0.3, -0.25) is 9.89 Å². The summed E-state index contributed by atoms with van der Waals surface area (Å²) in [6.45, 7) is 12.6. The van der Waals surface area contributed by atoms with E-state index in [1.807, 2.05) is 6.08 Å². The van der Waals surface area contributed by atoms with Crippen molar-refractivity contribution >= 4 is 29.9 Å². The minimum Gasteiger partial charge on any atom is -0.357 e. The lowest BCUT2D eigenvalue weighted by Crippen LogP contribution is -2.41. The lowest BCUT2D eigenvalue weighted by Gasteiger charge is -2.33. The fourth-order valence-corrected chi connectivity index (χ4v) is 2.74. The van der Waals surface area contributed by atoms with Crippen LogP contribution in [0.4, 0.5) is 0 Å².